The highest BCUT2D eigenvalue weighted by Crippen LogP contribution is 2.19. The molecule has 0 unspecified atom stereocenters. The van der Waals surface area contributed by atoms with Crippen molar-refractivity contribution >= 4 is 27.5 Å². The Labute approximate surface area is 130 Å². The SMILES string of the molecule is CC(=O)Nc1ccc(S(=O)(=O)N(CC(N)=O)CC(C)C)cc1. The number of carbonyl (C=O) groups excluding carboxylic acids is 2. The van der Waals surface area contributed by atoms with Gasteiger partial charge in [-0.25, -0.2) is 8.42 Å². The molecule has 7 nitrogen and oxygen atoms in total. The van der Waals surface area contributed by atoms with Crippen LogP contribution in [0.5, 0.6) is 0 Å². The van der Waals surface area contributed by atoms with E-state index in [1.165, 1.54) is 31.2 Å². The number of sulfonamides is 1. The molecule has 3 N–H and O–H groups in total. The van der Waals surface area contributed by atoms with Gasteiger partial charge >= 0.3 is 0 Å². The summed E-state index contributed by atoms with van der Waals surface area (Å²) in [5.41, 5.74) is 5.63. The van der Waals surface area contributed by atoms with Gasteiger partial charge in [0.05, 0.1) is 11.4 Å². The summed E-state index contributed by atoms with van der Waals surface area (Å²) in [4.78, 5) is 22.1. The number of nitrogens with zero attached hydrogens (tertiary/aromatic N) is 1. The van der Waals surface area contributed by atoms with Gasteiger partial charge in [0.2, 0.25) is 21.8 Å². The molecular formula is C14H21N3O4S. The number of nitrogens with two attached hydrogens (primary N) is 1. The summed E-state index contributed by atoms with van der Waals surface area (Å²) in [7, 11) is -3.82. The van der Waals surface area contributed by atoms with Crippen molar-refractivity contribution in [3.05, 3.63) is 24.3 Å². The minimum Gasteiger partial charge on any atom is -0.369 e. The fourth-order valence-corrected chi connectivity index (χ4v) is 3.46. The third-order valence-electron chi connectivity index (χ3n) is 2.71. The smallest absolute Gasteiger partial charge is 0.243 e. The molecule has 0 saturated heterocycles. The molecule has 2 amide bonds. The number of amides is 2. The van der Waals surface area contributed by atoms with Crippen LogP contribution in [0.2, 0.25) is 0 Å². The van der Waals surface area contributed by atoms with Crippen LogP contribution in [0.25, 0.3) is 0 Å². The van der Waals surface area contributed by atoms with Gasteiger partial charge in [0, 0.05) is 19.2 Å². The summed E-state index contributed by atoms with van der Waals surface area (Å²) >= 11 is 0. The van der Waals surface area contributed by atoms with E-state index in [4.69, 9.17) is 5.73 Å². The zero-order chi connectivity index (χ0) is 16.9. The van der Waals surface area contributed by atoms with Crippen LogP contribution in [-0.2, 0) is 19.6 Å². The van der Waals surface area contributed by atoms with Gasteiger partial charge in [-0.2, -0.15) is 4.31 Å². The molecule has 0 aliphatic heterocycles. The number of carbonyl (C=O) groups is 2. The maximum Gasteiger partial charge on any atom is 0.243 e. The summed E-state index contributed by atoms with van der Waals surface area (Å²) in [6.07, 6.45) is 0. The minimum absolute atomic E-state index is 0.0449. The van der Waals surface area contributed by atoms with Gasteiger partial charge in [0.25, 0.3) is 0 Å². The maximum absolute atomic E-state index is 12.6. The van der Waals surface area contributed by atoms with Crippen molar-refractivity contribution in [2.75, 3.05) is 18.4 Å². The topological polar surface area (TPSA) is 110 Å². The lowest BCUT2D eigenvalue weighted by molar-refractivity contribution is -0.118. The molecule has 0 aromatic heterocycles. The molecule has 0 saturated carbocycles. The van der Waals surface area contributed by atoms with Crippen molar-refractivity contribution in [3.8, 4) is 0 Å². The Hall–Kier alpha value is -1.93. The first-order valence-corrected chi connectivity index (χ1v) is 8.23. The Morgan fingerprint density at radius 2 is 1.77 bits per heavy atom. The first kappa shape index (κ1) is 18.1. The number of rotatable bonds is 7. The van der Waals surface area contributed by atoms with Crippen LogP contribution in [0.3, 0.4) is 0 Å². The lowest BCUT2D eigenvalue weighted by atomic mass is 10.2. The molecule has 8 heteroatoms. The maximum atomic E-state index is 12.6. The lowest BCUT2D eigenvalue weighted by Gasteiger charge is -2.22. The van der Waals surface area contributed by atoms with Gasteiger partial charge in [0.15, 0.2) is 0 Å². The van der Waals surface area contributed by atoms with E-state index in [1.807, 2.05) is 13.8 Å². The molecule has 0 spiro atoms. The van der Waals surface area contributed by atoms with E-state index in [0.29, 0.717) is 5.69 Å². The second-order valence-electron chi connectivity index (χ2n) is 5.36. The largest absolute Gasteiger partial charge is 0.369 e. The van der Waals surface area contributed by atoms with Crippen molar-refractivity contribution in [2.45, 2.75) is 25.7 Å². The zero-order valence-electron chi connectivity index (χ0n) is 12.9. The molecule has 1 aromatic rings. The van der Waals surface area contributed by atoms with Gasteiger partial charge in [-0.15, -0.1) is 0 Å². The number of anilines is 1. The van der Waals surface area contributed by atoms with E-state index in [0.717, 1.165) is 4.31 Å². The van der Waals surface area contributed by atoms with E-state index in [-0.39, 0.29) is 29.8 Å². The lowest BCUT2D eigenvalue weighted by Crippen LogP contribution is -2.40. The highest BCUT2D eigenvalue weighted by atomic mass is 32.2. The van der Waals surface area contributed by atoms with Crippen molar-refractivity contribution in [1.29, 1.82) is 0 Å². The quantitative estimate of drug-likeness (QED) is 0.771. The second-order valence-corrected chi connectivity index (χ2v) is 7.30. The Bertz CT molecular complexity index is 639. The number of benzene rings is 1. The van der Waals surface area contributed by atoms with Crippen LogP contribution in [0, 0.1) is 5.92 Å². The van der Waals surface area contributed by atoms with Crippen LogP contribution >= 0.6 is 0 Å². The molecular weight excluding hydrogens is 306 g/mol. The van der Waals surface area contributed by atoms with Crippen molar-refractivity contribution < 1.29 is 18.0 Å². The Balaban J connectivity index is 3.07. The van der Waals surface area contributed by atoms with E-state index >= 15 is 0 Å². The molecule has 22 heavy (non-hydrogen) atoms. The average molecular weight is 327 g/mol. The van der Waals surface area contributed by atoms with Crippen LogP contribution in [-0.4, -0.2) is 37.6 Å². The molecule has 0 atom stereocenters. The summed E-state index contributed by atoms with van der Waals surface area (Å²) < 4.78 is 26.2. The van der Waals surface area contributed by atoms with Crippen LogP contribution in [0.15, 0.2) is 29.2 Å². The van der Waals surface area contributed by atoms with E-state index in [9.17, 15) is 18.0 Å². The molecule has 1 aromatic carbocycles. The molecule has 0 fully saturated rings. The molecule has 1 rings (SSSR count). The highest BCUT2D eigenvalue weighted by molar-refractivity contribution is 7.89. The van der Waals surface area contributed by atoms with Gasteiger partial charge in [-0.3, -0.25) is 9.59 Å². The molecule has 0 aliphatic rings. The van der Waals surface area contributed by atoms with Crippen LogP contribution < -0.4 is 11.1 Å². The van der Waals surface area contributed by atoms with Crippen LogP contribution in [0.1, 0.15) is 20.8 Å². The standard InChI is InChI=1S/C14H21N3O4S/c1-10(2)8-17(9-14(15)19)22(20,21)13-6-4-12(5-7-13)16-11(3)18/h4-7,10H,8-9H2,1-3H3,(H2,15,19)(H,16,18). The van der Waals surface area contributed by atoms with Crippen molar-refractivity contribution in [2.24, 2.45) is 11.7 Å². The number of nitrogens with one attached hydrogen (secondary N) is 1. The van der Waals surface area contributed by atoms with Gasteiger partial charge in [-0.05, 0) is 30.2 Å². The normalized spacial score (nSPS) is 11.7. The summed E-state index contributed by atoms with van der Waals surface area (Å²) in [6.45, 7) is 4.89. The van der Waals surface area contributed by atoms with E-state index in [2.05, 4.69) is 5.32 Å². The summed E-state index contributed by atoms with van der Waals surface area (Å²) in [5, 5.41) is 2.56. The highest BCUT2D eigenvalue weighted by Gasteiger charge is 2.26. The molecule has 0 radical (unpaired) electrons. The monoisotopic (exact) mass is 327 g/mol. The number of primary amides is 1. The fraction of sp³-hybridized carbons (Fsp3) is 0.429. The minimum atomic E-state index is -3.82. The van der Waals surface area contributed by atoms with E-state index in [1.54, 1.807) is 0 Å². The number of hydrogen-bond donors (Lipinski definition) is 2. The van der Waals surface area contributed by atoms with Gasteiger partial charge in [-0.1, -0.05) is 13.8 Å². The second kappa shape index (κ2) is 7.37. The van der Waals surface area contributed by atoms with Crippen molar-refractivity contribution in [1.82, 2.24) is 4.31 Å². The average Bonchev–Trinajstić information content (AvgIpc) is 2.36. The van der Waals surface area contributed by atoms with Gasteiger partial charge in [0.1, 0.15) is 0 Å². The molecule has 0 bridgehead atoms. The van der Waals surface area contributed by atoms with Crippen molar-refractivity contribution in [3.63, 3.8) is 0 Å². The predicted octanol–water partition coefficient (Wildman–Crippen LogP) is 0.777. The Morgan fingerprint density at radius 1 is 1.23 bits per heavy atom. The van der Waals surface area contributed by atoms with Gasteiger partial charge < -0.3 is 11.1 Å². The molecule has 0 heterocycles. The first-order chi connectivity index (χ1) is 10.1. The molecule has 122 valence electrons. The first-order valence-electron chi connectivity index (χ1n) is 6.79. The zero-order valence-corrected chi connectivity index (χ0v) is 13.7. The summed E-state index contributed by atoms with van der Waals surface area (Å²) in [5.74, 6) is -0.905. The molecule has 0 aliphatic carbocycles. The van der Waals surface area contributed by atoms with Crippen LogP contribution in [0.4, 0.5) is 5.69 Å². The fourth-order valence-electron chi connectivity index (χ4n) is 1.89. The number of hydrogen-bond acceptors (Lipinski definition) is 4. The summed E-state index contributed by atoms with van der Waals surface area (Å²) in [6, 6.07) is 5.75. The third kappa shape index (κ3) is 5.12. The van der Waals surface area contributed by atoms with E-state index < -0.39 is 15.9 Å². The Kier molecular flexibility index (Phi) is 6.07. The third-order valence-corrected chi connectivity index (χ3v) is 4.54. The predicted molar refractivity (Wildman–Crippen MR) is 83.5 cm³/mol. The Morgan fingerprint density at radius 3 is 2.18 bits per heavy atom.